The van der Waals surface area contributed by atoms with Crippen molar-refractivity contribution in [3.8, 4) is 0 Å². The maximum absolute atomic E-state index is 4.99. The number of benzene rings is 2. The third-order valence-electron chi connectivity index (χ3n) is 5.68. The highest BCUT2D eigenvalue weighted by atomic mass is 28.3. The van der Waals surface area contributed by atoms with Crippen molar-refractivity contribution in [2.24, 2.45) is 4.99 Å². The predicted molar refractivity (Wildman–Crippen MR) is 117 cm³/mol. The number of hydrogen-bond donors (Lipinski definition) is 0. The van der Waals surface area contributed by atoms with E-state index < -0.39 is 8.07 Å². The van der Waals surface area contributed by atoms with Crippen molar-refractivity contribution in [2.75, 3.05) is 0 Å². The molecular weight excluding hydrogens is 330 g/mol. The number of unbranched alkanes of at least 4 members (excludes halogenated alkanes) is 4. The number of nitrogens with zero attached hydrogens (tertiary/aromatic N) is 1. The highest BCUT2D eigenvalue weighted by Crippen LogP contribution is 2.20. The molecule has 0 amide bonds. The van der Waals surface area contributed by atoms with Crippen LogP contribution < -0.4 is 20.9 Å². The highest BCUT2D eigenvalue weighted by Gasteiger charge is 2.32. The van der Waals surface area contributed by atoms with Crippen LogP contribution in [-0.4, -0.2) is 8.07 Å². The van der Waals surface area contributed by atoms with E-state index in [1.54, 1.807) is 0 Å². The molecule has 2 heteroatoms. The lowest BCUT2D eigenvalue weighted by molar-refractivity contribution is 0.632. The van der Waals surface area contributed by atoms with Crippen LogP contribution in [0.15, 0.2) is 41.4 Å². The normalized spacial score (nSPS) is 15.3. The lowest BCUT2D eigenvalue weighted by atomic mass is 10.1. The van der Waals surface area contributed by atoms with Gasteiger partial charge in [0.25, 0.3) is 0 Å². The van der Waals surface area contributed by atoms with E-state index in [1.165, 1.54) is 70.7 Å². The second-order valence-corrected chi connectivity index (χ2v) is 12.5. The Labute approximate surface area is 159 Å². The van der Waals surface area contributed by atoms with Gasteiger partial charge in [0.15, 0.2) is 0 Å². The summed E-state index contributed by atoms with van der Waals surface area (Å²) in [5.41, 5.74) is 2.70. The summed E-state index contributed by atoms with van der Waals surface area (Å²) in [7, 11) is -1.70. The van der Waals surface area contributed by atoms with Crippen molar-refractivity contribution in [2.45, 2.75) is 71.9 Å². The number of aryl methyl sites for hydroxylation is 1. The summed E-state index contributed by atoms with van der Waals surface area (Å²) in [6.07, 6.45) is 11.3. The van der Waals surface area contributed by atoms with Crippen molar-refractivity contribution < 1.29 is 0 Å². The Morgan fingerprint density at radius 3 is 2.46 bits per heavy atom. The Morgan fingerprint density at radius 2 is 1.69 bits per heavy atom. The summed E-state index contributed by atoms with van der Waals surface area (Å²) in [6, 6.07) is 13.9. The Kier molecular flexibility index (Phi) is 6.13. The van der Waals surface area contributed by atoms with Gasteiger partial charge in [0, 0.05) is 0 Å². The zero-order valence-electron chi connectivity index (χ0n) is 16.9. The van der Waals surface area contributed by atoms with E-state index in [4.69, 9.17) is 4.99 Å². The summed E-state index contributed by atoms with van der Waals surface area (Å²) in [5.74, 6) is 0. The standard InChI is InChI=1S/C24H33NSi/c1-5-7-8-9-10-12-20-14-16-22-24(18-20)26(3,4)23-17-19(11-6-2)13-15-21(23)25-22/h11,13-18H,5-10,12H2,1-4H3/b19-11+. The summed E-state index contributed by atoms with van der Waals surface area (Å²) in [6.45, 7) is 9.45. The molecule has 0 spiro atoms. The van der Waals surface area contributed by atoms with E-state index in [0.29, 0.717) is 0 Å². The highest BCUT2D eigenvalue weighted by molar-refractivity contribution is 7.01. The Morgan fingerprint density at radius 1 is 0.885 bits per heavy atom. The Balaban J connectivity index is 1.90. The first-order chi connectivity index (χ1) is 12.6. The lowest BCUT2D eigenvalue weighted by Gasteiger charge is -2.29. The lowest BCUT2D eigenvalue weighted by Crippen LogP contribution is -2.61. The van der Waals surface area contributed by atoms with Crippen LogP contribution >= 0.6 is 0 Å². The molecule has 3 rings (SSSR count). The summed E-state index contributed by atoms with van der Waals surface area (Å²) in [5, 5.41) is 5.55. The molecule has 2 aromatic carbocycles. The van der Waals surface area contributed by atoms with Gasteiger partial charge in [0.2, 0.25) is 0 Å². The topological polar surface area (TPSA) is 12.4 Å². The summed E-state index contributed by atoms with van der Waals surface area (Å²) < 4.78 is 0. The van der Waals surface area contributed by atoms with E-state index >= 15 is 0 Å². The maximum Gasteiger partial charge on any atom is 0.117 e. The van der Waals surface area contributed by atoms with Crippen molar-refractivity contribution in [3.05, 3.63) is 52.5 Å². The minimum absolute atomic E-state index is 1.08. The molecule has 0 atom stereocenters. The second-order valence-electron chi connectivity index (χ2n) is 8.14. The Bertz CT molecular complexity index is 880. The molecule has 1 nitrogen and oxygen atoms in total. The number of fused-ring (bicyclic) bond motifs is 2. The van der Waals surface area contributed by atoms with Gasteiger partial charge in [0.05, 0.1) is 11.0 Å². The number of hydrogen-bond acceptors (Lipinski definition) is 1. The fourth-order valence-electron chi connectivity index (χ4n) is 4.06. The molecule has 138 valence electrons. The van der Waals surface area contributed by atoms with Crippen LogP contribution in [0.3, 0.4) is 0 Å². The first kappa shape index (κ1) is 19.1. The van der Waals surface area contributed by atoms with E-state index in [-0.39, 0.29) is 0 Å². The van der Waals surface area contributed by atoms with Crippen LogP contribution in [0.1, 0.15) is 57.9 Å². The van der Waals surface area contributed by atoms with Crippen LogP contribution in [0.25, 0.3) is 6.08 Å². The van der Waals surface area contributed by atoms with Crippen molar-refractivity contribution in [1.29, 1.82) is 0 Å². The van der Waals surface area contributed by atoms with E-state index in [0.717, 1.165) is 6.42 Å². The maximum atomic E-state index is 4.99. The average Bonchev–Trinajstić information content (AvgIpc) is 2.63. The van der Waals surface area contributed by atoms with Gasteiger partial charge < -0.3 is 0 Å². The van der Waals surface area contributed by atoms with Crippen LogP contribution in [0.5, 0.6) is 0 Å². The molecule has 0 aromatic heterocycles. The molecule has 0 saturated heterocycles. The van der Waals surface area contributed by atoms with E-state index in [9.17, 15) is 0 Å². The molecular formula is C24H33NSi. The van der Waals surface area contributed by atoms with Gasteiger partial charge in [-0.1, -0.05) is 83.0 Å². The third kappa shape index (κ3) is 4.01. The molecule has 0 radical (unpaired) electrons. The first-order valence-corrected chi connectivity index (χ1v) is 13.4. The van der Waals surface area contributed by atoms with Crippen LogP contribution in [0.4, 0.5) is 5.69 Å². The third-order valence-corrected chi connectivity index (χ3v) is 9.17. The van der Waals surface area contributed by atoms with E-state index in [2.05, 4.69) is 69.4 Å². The van der Waals surface area contributed by atoms with Crippen molar-refractivity contribution in [1.82, 2.24) is 0 Å². The smallest absolute Gasteiger partial charge is 0.117 e. The minimum Gasteiger partial charge on any atom is -0.249 e. The monoisotopic (exact) mass is 363 g/mol. The molecule has 1 heterocycles. The minimum atomic E-state index is -1.70. The van der Waals surface area contributed by atoms with Gasteiger partial charge in [-0.2, -0.15) is 0 Å². The molecule has 0 unspecified atom stereocenters. The van der Waals surface area contributed by atoms with Gasteiger partial charge in [-0.05, 0) is 52.6 Å². The quantitative estimate of drug-likeness (QED) is 0.508. The summed E-state index contributed by atoms with van der Waals surface area (Å²) >= 11 is 0. The van der Waals surface area contributed by atoms with Gasteiger partial charge in [-0.3, -0.25) is 0 Å². The van der Waals surface area contributed by atoms with Crippen LogP contribution in [-0.2, 0) is 6.42 Å². The molecule has 1 aliphatic rings. The molecule has 0 aliphatic carbocycles. The number of rotatable bonds is 7. The molecule has 0 bridgehead atoms. The van der Waals surface area contributed by atoms with Crippen LogP contribution in [0.2, 0.25) is 13.1 Å². The van der Waals surface area contributed by atoms with Crippen molar-refractivity contribution in [3.63, 3.8) is 0 Å². The zero-order valence-corrected chi connectivity index (χ0v) is 17.9. The zero-order chi connectivity index (χ0) is 18.6. The van der Waals surface area contributed by atoms with Gasteiger partial charge in [-0.15, -0.1) is 0 Å². The Hall–Kier alpha value is -1.67. The van der Waals surface area contributed by atoms with Gasteiger partial charge in [0.1, 0.15) is 8.07 Å². The van der Waals surface area contributed by atoms with Crippen molar-refractivity contribution >= 4 is 30.2 Å². The molecule has 26 heavy (non-hydrogen) atoms. The fraction of sp³-hybridized carbons (Fsp3) is 0.458. The first-order valence-electron chi connectivity index (χ1n) is 10.4. The molecule has 0 fully saturated rings. The molecule has 0 N–H and O–H groups in total. The van der Waals surface area contributed by atoms with Crippen LogP contribution in [0, 0.1) is 0 Å². The second kappa shape index (κ2) is 8.35. The SMILES string of the molecule is CC/C=c1\ccc2c(c1)[Si](C)(C)c1cc(CCCCCCC)ccc1N=2. The molecule has 1 aliphatic heterocycles. The average molecular weight is 364 g/mol. The largest absolute Gasteiger partial charge is 0.249 e. The molecule has 2 aromatic rings. The fourth-order valence-corrected chi connectivity index (χ4v) is 6.98. The van der Waals surface area contributed by atoms with Gasteiger partial charge in [-0.25, -0.2) is 4.99 Å². The van der Waals surface area contributed by atoms with Gasteiger partial charge >= 0.3 is 0 Å². The summed E-state index contributed by atoms with van der Waals surface area (Å²) in [4.78, 5) is 4.99. The molecule has 0 saturated carbocycles. The van der Waals surface area contributed by atoms with E-state index in [1.807, 2.05) is 0 Å². The predicted octanol–water partition coefficient (Wildman–Crippen LogP) is 4.48.